The molecule has 17 heavy (non-hydrogen) atoms. The third-order valence-electron chi connectivity index (χ3n) is 2.05. The van der Waals surface area contributed by atoms with Crippen LogP contribution in [0.1, 0.15) is 18.2 Å². The van der Waals surface area contributed by atoms with Gasteiger partial charge in [0.2, 0.25) is 5.91 Å². The topological polar surface area (TPSA) is 42.0 Å². The first-order valence-corrected chi connectivity index (χ1v) is 6.08. The van der Waals surface area contributed by atoms with Crippen molar-refractivity contribution in [1.29, 1.82) is 0 Å². The summed E-state index contributed by atoms with van der Waals surface area (Å²) >= 11 is 1.42. The Morgan fingerprint density at radius 1 is 1.29 bits per heavy atom. The summed E-state index contributed by atoms with van der Waals surface area (Å²) in [6.07, 6.45) is 3.92. The Kier molecular flexibility index (Phi) is 3.67. The van der Waals surface area contributed by atoms with Gasteiger partial charge >= 0.3 is 0 Å². The van der Waals surface area contributed by atoms with Crippen molar-refractivity contribution in [3.05, 3.63) is 47.0 Å². The molecule has 3 nitrogen and oxygen atoms in total. The van der Waals surface area contributed by atoms with E-state index in [9.17, 15) is 4.79 Å². The van der Waals surface area contributed by atoms with Crippen LogP contribution >= 0.6 is 11.3 Å². The van der Waals surface area contributed by atoms with E-state index in [-0.39, 0.29) is 5.91 Å². The van der Waals surface area contributed by atoms with Gasteiger partial charge < -0.3 is 5.32 Å². The molecule has 0 radical (unpaired) electrons. The van der Waals surface area contributed by atoms with Crippen molar-refractivity contribution >= 4 is 34.5 Å². The standard InChI is InChI=1S/C13H12N2OS/c1-10(16)14-13-15-12(9-17-13)8-7-11-5-3-2-4-6-11/h2-9H,1H3,(H,14,15,16). The Hall–Kier alpha value is -1.94. The van der Waals surface area contributed by atoms with E-state index >= 15 is 0 Å². The maximum atomic E-state index is 10.8. The number of thiazole rings is 1. The van der Waals surface area contributed by atoms with Gasteiger partial charge in [-0.15, -0.1) is 11.3 Å². The minimum absolute atomic E-state index is 0.0991. The highest BCUT2D eigenvalue weighted by atomic mass is 32.1. The van der Waals surface area contributed by atoms with Crippen LogP contribution in [0.25, 0.3) is 12.2 Å². The highest BCUT2D eigenvalue weighted by Gasteiger charge is 2.00. The number of anilines is 1. The number of hydrogen-bond donors (Lipinski definition) is 1. The molecule has 2 rings (SSSR count). The summed E-state index contributed by atoms with van der Waals surface area (Å²) in [6, 6.07) is 10.0. The number of carbonyl (C=O) groups is 1. The number of carbonyl (C=O) groups excluding carboxylic acids is 1. The number of amides is 1. The van der Waals surface area contributed by atoms with Crippen molar-refractivity contribution in [3.8, 4) is 0 Å². The quantitative estimate of drug-likeness (QED) is 0.900. The minimum atomic E-state index is -0.0991. The highest BCUT2D eigenvalue weighted by molar-refractivity contribution is 7.14. The second-order valence-electron chi connectivity index (χ2n) is 3.50. The van der Waals surface area contributed by atoms with Crippen molar-refractivity contribution in [2.75, 3.05) is 5.32 Å². The van der Waals surface area contributed by atoms with Crippen molar-refractivity contribution in [2.45, 2.75) is 6.92 Å². The second-order valence-corrected chi connectivity index (χ2v) is 4.36. The van der Waals surface area contributed by atoms with Crippen LogP contribution in [-0.2, 0) is 4.79 Å². The molecule has 86 valence electrons. The van der Waals surface area contributed by atoms with Gasteiger partial charge in [-0.1, -0.05) is 36.4 Å². The Labute approximate surface area is 104 Å². The Balaban J connectivity index is 2.06. The average molecular weight is 244 g/mol. The van der Waals surface area contributed by atoms with Crippen LogP contribution in [0.2, 0.25) is 0 Å². The van der Waals surface area contributed by atoms with Gasteiger partial charge in [-0.25, -0.2) is 4.98 Å². The Bertz CT molecular complexity index is 531. The van der Waals surface area contributed by atoms with E-state index in [2.05, 4.69) is 10.3 Å². The first kappa shape index (κ1) is 11.5. The second kappa shape index (κ2) is 5.41. The zero-order valence-electron chi connectivity index (χ0n) is 9.38. The van der Waals surface area contributed by atoms with Gasteiger partial charge in [0, 0.05) is 12.3 Å². The lowest BCUT2D eigenvalue weighted by atomic mass is 10.2. The summed E-state index contributed by atoms with van der Waals surface area (Å²) in [4.78, 5) is 15.1. The lowest BCUT2D eigenvalue weighted by Crippen LogP contribution is -2.04. The van der Waals surface area contributed by atoms with Crippen LogP contribution in [-0.4, -0.2) is 10.9 Å². The first-order valence-electron chi connectivity index (χ1n) is 5.20. The van der Waals surface area contributed by atoms with Gasteiger partial charge in [-0.2, -0.15) is 0 Å². The molecule has 1 heterocycles. The zero-order chi connectivity index (χ0) is 12.1. The number of aromatic nitrogens is 1. The van der Waals surface area contributed by atoms with Gasteiger partial charge in [0.15, 0.2) is 5.13 Å². The van der Waals surface area contributed by atoms with E-state index in [1.54, 1.807) is 0 Å². The molecule has 0 saturated heterocycles. The number of benzene rings is 1. The van der Waals surface area contributed by atoms with Gasteiger partial charge in [0.05, 0.1) is 5.69 Å². The largest absolute Gasteiger partial charge is 0.302 e. The Morgan fingerprint density at radius 3 is 2.76 bits per heavy atom. The molecule has 1 aromatic heterocycles. The molecule has 0 spiro atoms. The molecule has 1 aromatic carbocycles. The van der Waals surface area contributed by atoms with Gasteiger partial charge in [-0.3, -0.25) is 4.79 Å². The fraction of sp³-hybridized carbons (Fsp3) is 0.0769. The molecule has 0 atom stereocenters. The van der Waals surface area contributed by atoms with E-state index in [0.29, 0.717) is 5.13 Å². The molecule has 0 bridgehead atoms. The first-order chi connectivity index (χ1) is 8.24. The van der Waals surface area contributed by atoms with Crippen LogP contribution in [0.4, 0.5) is 5.13 Å². The fourth-order valence-electron chi connectivity index (χ4n) is 1.32. The summed E-state index contributed by atoms with van der Waals surface area (Å²) < 4.78 is 0. The normalized spacial score (nSPS) is 10.6. The molecule has 0 aliphatic carbocycles. The highest BCUT2D eigenvalue weighted by Crippen LogP contribution is 2.17. The smallest absolute Gasteiger partial charge is 0.223 e. The molecular weight excluding hydrogens is 232 g/mol. The van der Waals surface area contributed by atoms with Crippen LogP contribution in [0.15, 0.2) is 35.7 Å². The molecule has 0 saturated carbocycles. The van der Waals surface area contributed by atoms with Gasteiger partial charge in [0.25, 0.3) is 0 Å². The maximum Gasteiger partial charge on any atom is 0.223 e. The number of nitrogens with zero attached hydrogens (tertiary/aromatic N) is 1. The van der Waals surface area contributed by atoms with E-state index in [1.165, 1.54) is 18.3 Å². The molecule has 2 aromatic rings. The predicted octanol–water partition coefficient (Wildman–Crippen LogP) is 3.27. The summed E-state index contributed by atoms with van der Waals surface area (Å²) in [5.74, 6) is -0.0991. The van der Waals surface area contributed by atoms with Crippen molar-refractivity contribution in [2.24, 2.45) is 0 Å². The molecular formula is C13H12N2OS. The molecule has 4 heteroatoms. The summed E-state index contributed by atoms with van der Waals surface area (Å²) in [6.45, 7) is 1.47. The van der Waals surface area contributed by atoms with Crippen LogP contribution < -0.4 is 5.32 Å². The van der Waals surface area contributed by atoms with E-state index < -0.39 is 0 Å². The summed E-state index contributed by atoms with van der Waals surface area (Å²) in [5.41, 5.74) is 1.98. The molecule has 0 unspecified atom stereocenters. The number of hydrogen-bond acceptors (Lipinski definition) is 3. The average Bonchev–Trinajstić information content (AvgIpc) is 2.75. The fourth-order valence-corrected chi connectivity index (χ4v) is 2.04. The van der Waals surface area contributed by atoms with E-state index in [0.717, 1.165) is 11.3 Å². The van der Waals surface area contributed by atoms with Crippen LogP contribution in [0.5, 0.6) is 0 Å². The van der Waals surface area contributed by atoms with Gasteiger partial charge in [-0.05, 0) is 11.6 Å². The van der Waals surface area contributed by atoms with Crippen molar-refractivity contribution in [3.63, 3.8) is 0 Å². The molecule has 1 N–H and O–H groups in total. The lowest BCUT2D eigenvalue weighted by Gasteiger charge is -1.92. The van der Waals surface area contributed by atoms with Gasteiger partial charge in [0.1, 0.15) is 0 Å². The third-order valence-corrected chi connectivity index (χ3v) is 2.83. The third kappa shape index (κ3) is 3.53. The number of rotatable bonds is 3. The summed E-state index contributed by atoms with van der Waals surface area (Å²) in [5, 5.41) is 5.20. The minimum Gasteiger partial charge on any atom is -0.302 e. The van der Waals surface area contributed by atoms with Crippen LogP contribution in [0, 0.1) is 0 Å². The molecule has 0 aliphatic heterocycles. The lowest BCUT2D eigenvalue weighted by molar-refractivity contribution is -0.114. The molecule has 0 aliphatic rings. The molecule has 1 amide bonds. The zero-order valence-corrected chi connectivity index (χ0v) is 10.2. The van der Waals surface area contributed by atoms with E-state index in [1.807, 2.05) is 47.9 Å². The van der Waals surface area contributed by atoms with Crippen molar-refractivity contribution < 1.29 is 4.79 Å². The van der Waals surface area contributed by atoms with E-state index in [4.69, 9.17) is 0 Å². The SMILES string of the molecule is CC(=O)Nc1nc(C=Cc2ccccc2)cs1. The Morgan fingerprint density at radius 2 is 2.06 bits per heavy atom. The number of nitrogens with one attached hydrogen (secondary N) is 1. The molecule has 0 fully saturated rings. The van der Waals surface area contributed by atoms with Crippen molar-refractivity contribution in [1.82, 2.24) is 4.98 Å². The monoisotopic (exact) mass is 244 g/mol. The predicted molar refractivity (Wildman–Crippen MR) is 71.8 cm³/mol. The summed E-state index contributed by atoms with van der Waals surface area (Å²) in [7, 11) is 0. The maximum absolute atomic E-state index is 10.8. The van der Waals surface area contributed by atoms with Crippen LogP contribution in [0.3, 0.4) is 0 Å².